The number of hydrogen-bond acceptors (Lipinski definition) is 2. The van der Waals surface area contributed by atoms with Gasteiger partial charge in [-0.15, -0.1) is 0 Å². The van der Waals surface area contributed by atoms with Gasteiger partial charge in [-0.1, -0.05) is 13.3 Å². The molecular formula is C6H13O2S. The second kappa shape index (κ2) is 4.79. The fraction of sp³-hybridized carbons (Fsp3) is 0.833. The van der Waals surface area contributed by atoms with Crippen molar-refractivity contribution >= 4 is 10.7 Å². The highest BCUT2D eigenvalue weighted by Crippen LogP contribution is 2.03. The molecule has 0 amide bonds. The van der Waals surface area contributed by atoms with Crippen molar-refractivity contribution in [2.45, 2.75) is 19.8 Å². The lowest BCUT2D eigenvalue weighted by Crippen LogP contribution is -2.01. The second-order valence-electron chi connectivity index (χ2n) is 2.17. The molecule has 55 valence electrons. The van der Waals surface area contributed by atoms with Crippen LogP contribution in [0.1, 0.15) is 19.8 Å². The zero-order chi connectivity index (χ0) is 7.28. The summed E-state index contributed by atoms with van der Waals surface area (Å²) in [6.07, 6.45) is 1.92. The Morgan fingerprint density at radius 1 is 1.56 bits per heavy atom. The molecule has 1 radical (unpaired) electrons. The molecule has 0 saturated heterocycles. The van der Waals surface area contributed by atoms with E-state index in [1.165, 1.54) is 0 Å². The highest BCUT2D eigenvalue weighted by atomic mass is 32.2. The van der Waals surface area contributed by atoms with E-state index in [9.17, 15) is 8.42 Å². The third kappa shape index (κ3) is 5.83. The third-order valence-corrected chi connectivity index (χ3v) is 1.92. The molecule has 2 nitrogen and oxygen atoms in total. The van der Waals surface area contributed by atoms with Crippen LogP contribution in [0.15, 0.2) is 0 Å². The van der Waals surface area contributed by atoms with E-state index >= 15 is 0 Å². The first-order chi connectivity index (χ1) is 4.16. The van der Waals surface area contributed by atoms with E-state index in [1.54, 1.807) is 0 Å². The Balaban J connectivity index is 3.37. The number of hydrogen-bond donors (Lipinski definition) is 1. The monoisotopic (exact) mass is 149 g/mol. The Morgan fingerprint density at radius 2 is 2.11 bits per heavy atom. The van der Waals surface area contributed by atoms with Gasteiger partial charge in [-0.2, -0.15) is 0 Å². The van der Waals surface area contributed by atoms with Gasteiger partial charge < -0.3 is 0 Å². The molecule has 0 aliphatic heterocycles. The van der Waals surface area contributed by atoms with Crippen molar-refractivity contribution in [3.8, 4) is 0 Å². The summed E-state index contributed by atoms with van der Waals surface area (Å²) in [4.78, 5) is 0. The summed E-state index contributed by atoms with van der Waals surface area (Å²) in [7, 11) is -2.21. The van der Waals surface area contributed by atoms with Gasteiger partial charge >= 0.3 is 0 Å². The lowest BCUT2D eigenvalue weighted by atomic mass is 10.1. The van der Waals surface area contributed by atoms with Crippen molar-refractivity contribution in [1.29, 1.82) is 0 Å². The Bertz CT molecular complexity index is 121. The van der Waals surface area contributed by atoms with Crippen molar-refractivity contribution in [3.05, 3.63) is 6.92 Å². The van der Waals surface area contributed by atoms with Gasteiger partial charge in [0.05, 0.1) is 5.75 Å². The van der Waals surface area contributed by atoms with Crippen LogP contribution in [-0.4, -0.2) is 14.2 Å². The van der Waals surface area contributed by atoms with E-state index in [4.69, 9.17) is 0 Å². The molecule has 0 aliphatic carbocycles. The molecule has 9 heavy (non-hydrogen) atoms. The average molecular weight is 149 g/mol. The van der Waals surface area contributed by atoms with Crippen LogP contribution in [0.25, 0.3) is 0 Å². The van der Waals surface area contributed by atoms with Gasteiger partial charge in [0.1, 0.15) is 10.7 Å². The molecule has 0 aromatic heterocycles. The van der Waals surface area contributed by atoms with Gasteiger partial charge in [-0.25, -0.2) is 8.42 Å². The highest BCUT2D eigenvalue weighted by Gasteiger charge is 2.00. The van der Waals surface area contributed by atoms with Gasteiger partial charge in [0, 0.05) is 0 Å². The first kappa shape index (κ1) is 8.95. The fourth-order valence-corrected chi connectivity index (χ4v) is 1.31. The summed E-state index contributed by atoms with van der Waals surface area (Å²) in [6.45, 7) is 5.71. The number of rotatable bonds is 4. The quantitative estimate of drug-likeness (QED) is 0.601. The number of thiol groups is 1. The Labute approximate surface area is 58.2 Å². The first-order valence-corrected chi connectivity index (χ1v) is 4.48. The van der Waals surface area contributed by atoms with Crippen LogP contribution in [0.4, 0.5) is 0 Å². The van der Waals surface area contributed by atoms with E-state index in [2.05, 4.69) is 6.92 Å². The minimum Gasteiger partial charge on any atom is -0.232 e. The average Bonchev–Trinajstić information content (AvgIpc) is 1.63. The minimum absolute atomic E-state index is 0.0936. The molecule has 0 aromatic carbocycles. The summed E-state index contributed by atoms with van der Waals surface area (Å²) >= 11 is 0. The molecule has 0 aliphatic rings. The summed E-state index contributed by atoms with van der Waals surface area (Å²) in [5.41, 5.74) is 0. The van der Waals surface area contributed by atoms with Crippen LogP contribution in [0.5, 0.6) is 0 Å². The third-order valence-electron chi connectivity index (χ3n) is 1.10. The summed E-state index contributed by atoms with van der Waals surface area (Å²) in [5.74, 6) is 0.333. The van der Waals surface area contributed by atoms with Crippen molar-refractivity contribution in [3.63, 3.8) is 0 Å². The van der Waals surface area contributed by atoms with E-state index in [0.717, 1.165) is 12.8 Å². The van der Waals surface area contributed by atoms with E-state index in [1.807, 2.05) is 6.92 Å². The Morgan fingerprint density at radius 3 is 2.44 bits per heavy atom. The van der Waals surface area contributed by atoms with Crippen LogP contribution >= 0.6 is 0 Å². The van der Waals surface area contributed by atoms with Crippen molar-refractivity contribution in [2.24, 2.45) is 5.92 Å². The zero-order valence-corrected chi connectivity index (χ0v) is 6.56. The molecule has 0 heterocycles. The molecule has 1 unspecified atom stereocenters. The molecule has 0 saturated carbocycles. The standard InChI is InChI=1S/C6H13O2S/c1-3-4-6(2)5-9(7)8/h6,9H,2-5H2,1H3. The van der Waals surface area contributed by atoms with E-state index < -0.39 is 10.7 Å². The predicted octanol–water partition coefficient (Wildman–Crippen LogP) is 0.848. The van der Waals surface area contributed by atoms with Crippen LogP contribution in [0.2, 0.25) is 0 Å². The highest BCUT2D eigenvalue weighted by molar-refractivity contribution is 7.72. The van der Waals surface area contributed by atoms with Gasteiger partial charge in [0.15, 0.2) is 0 Å². The van der Waals surface area contributed by atoms with Crippen molar-refractivity contribution < 1.29 is 8.42 Å². The lowest BCUT2D eigenvalue weighted by molar-refractivity contribution is 0.585. The topological polar surface area (TPSA) is 34.1 Å². The van der Waals surface area contributed by atoms with Crippen LogP contribution in [0.3, 0.4) is 0 Å². The molecule has 0 aromatic rings. The van der Waals surface area contributed by atoms with Gasteiger partial charge in [0.25, 0.3) is 0 Å². The maximum absolute atomic E-state index is 10.1. The van der Waals surface area contributed by atoms with Crippen LogP contribution in [0, 0.1) is 12.8 Å². The molecule has 0 fully saturated rings. The largest absolute Gasteiger partial charge is 0.232 e. The summed E-state index contributed by atoms with van der Waals surface area (Å²) in [5, 5.41) is 0. The molecule has 3 heteroatoms. The van der Waals surface area contributed by atoms with Crippen LogP contribution in [-0.2, 0) is 10.7 Å². The maximum atomic E-state index is 10.1. The first-order valence-electron chi connectivity index (χ1n) is 3.11. The molecule has 0 N–H and O–H groups in total. The molecule has 0 spiro atoms. The SMILES string of the molecule is [CH2]C(CCC)C[SH](=O)=O. The van der Waals surface area contributed by atoms with Gasteiger partial charge in [0.2, 0.25) is 0 Å². The molecule has 1 atom stereocenters. The van der Waals surface area contributed by atoms with Gasteiger partial charge in [-0.3, -0.25) is 0 Å². The molecular weight excluding hydrogens is 136 g/mol. The van der Waals surface area contributed by atoms with Gasteiger partial charge in [-0.05, 0) is 19.3 Å². The second-order valence-corrected chi connectivity index (χ2v) is 3.20. The smallest absolute Gasteiger partial charge is 0.140 e. The molecule has 0 rings (SSSR count). The van der Waals surface area contributed by atoms with Crippen molar-refractivity contribution in [1.82, 2.24) is 0 Å². The predicted molar refractivity (Wildman–Crippen MR) is 38.9 cm³/mol. The lowest BCUT2D eigenvalue weighted by Gasteiger charge is -2.01. The zero-order valence-electron chi connectivity index (χ0n) is 5.67. The normalized spacial score (nSPS) is 14.1. The summed E-state index contributed by atoms with van der Waals surface area (Å²) in [6, 6.07) is 0. The summed E-state index contributed by atoms with van der Waals surface area (Å²) < 4.78 is 20.2. The van der Waals surface area contributed by atoms with Crippen LogP contribution < -0.4 is 0 Å². The Hall–Kier alpha value is -0.0500. The fourth-order valence-electron chi connectivity index (χ4n) is 0.710. The molecule has 0 bridgehead atoms. The minimum atomic E-state index is -2.21. The maximum Gasteiger partial charge on any atom is 0.140 e. The van der Waals surface area contributed by atoms with E-state index in [-0.39, 0.29) is 11.7 Å². The van der Waals surface area contributed by atoms with E-state index in [0.29, 0.717) is 0 Å². The van der Waals surface area contributed by atoms with Crippen molar-refractivity contribution in [2.75, 3.05) is 5.75 Å². The Kier molecular flexibility index (Phi) is 4.77.